The molecule has 1 amide bonds. The summed E-state index contributed by atoms with van der Waals surface area (Å²) in [6.45, 7) is 3.39. The summed E-state index contributed by atoms with van der Waals surface area (Å²) in [5, 5.41) is 2.92. The molecule has 0 saturated heterocycles. The van der Waals surface area contributed by atoms with Crippen LogP contribution in [0.25, 0.3) is 0 Å². The van der Waals surface area contributed by atoms with Crippen molar-refractivity contribution in [1.29, 1.82) is 0 Å². The van der Waals surface area contributed by atoms with Crippen LogP contribution in [0.5, 0.6) is 5.75 Å². The lowest BCUT2D eigenvalue weighted by molar-refractivity contribution is -0.126. The number of carbonyl (C=O) groups excluding carboxylic acids is 1. The van der Waals surface area contributed by atoms with Crippen molar-refractivity contribution in [2.45, 2.75) is 24.8 Å². The Hall–Kier alpha value is -2.25. The number of aryl methyl sites for hydroxylation is 1. The average molecular weight is 383 g/mol. The molecule has 0 heterocycles. The highest BCUT2D eigenvalue weighted by Gasteiger charge is 2.17. The first-order chi connectivity index (χ1) is 11.7. The highest BCUT2D eigenvalue weighted by atomic mass is 35.5. The fraction of sp³-hybridized carbons (Fsp3) is 0.235. The van der Waals surface area contributed by atoms with Gasteiger partial charge in [-0.25, -0.2) is 8.42 Å². The van der Waals surface area contributed by atoms with Gasteiger partial charge in [-0.3, -0.25) is 9.52 Å². The molecule has 8 heteroatoms. The van der Waals surface area contributed by atoms with E-state index >= 15 is 0 Å². The van der Waals surface area contributed by atoms with E-state index in [-0.39, 0.29) is 10.8 Å². The zero-order valence-electron chi connectivity index (χ0n) is 14.0. The molecule has 0 aromatic heterocycles. The highest BCUT2D eigenvalue weighted by Crippen LogP contribution is 2.24. The molecule has 0 bridgehead atoms. The smallest absolute Gasteiger partial charge is 0.261 e. The van der Waals surface area contributed by atoms with Crippen molar-refractivity contribution in [1.82, 2.24) is 5.32 Å². The van der Waals surface area contributed by atoms with Crippen LogP contribution in [-0.4, -0.2) is 27.5 Å². The van der Waals surface area contributed by atoms with Crippen LogP contribution in [0.15, 0.2) is 47.4 Å². The van der Waals surface area contributed by atoms with Gasteiger partial charge in [-0.1, -0.05) is 17.7 Å². The number of halogens is 1. The fourth-order valence-corrected chi connectivity index (χ4v) is 3.36. The molecule has 0 saturated carbocycles. The van der Waals surface area contributed by atoms with Gasteiger partial charge in [0.15, 0.2) is 6.10 Å². The summed E-state index contributed by atoms with van der Waals surface area (Å²) in [4.78, 5) is 11.5. The molecule has 6 nitrogen and oxygen atoms in total. The largest absolute Gasteiger partial charge is 0.481 e. The minimum absolute atomic E-state index is 0.0758. The maximum absolute atomic E-state index is 12.5. The predicted molar refractivity (Wildman–Crippen MR) is 97.6 cm³/mol. The standard InChI is InChI=1S/C17H19ClN2O4S/c1-11-4-5-13(18)10-16(11)20-25(22,23)15-8-6-14(7-9-15)24-12(2)17(21)19-3/h4-10,12,20H,1-3H3,(H,19,21)/t12-/m1/s1. The summed E-state index contributed by atoms with van der Waals surface area (Å²) in [5.74, 6) is 0.129. The maximum Gasteiger partial charge on any atom is 0.261 e. The van der Waals surface area contributed by atoms with Crippen molar-refractivity contribution in [2.75, 3.05) is 11.8 Å². The van der Waals surface area contributed by atoms with Gasteiger partial charge in [-0.05, 0) is 55.8 Å². The number of carbonyl (C=O) groups is 1. The molecule has 2 aromatic rings. The maximum atomic E-state index is 12.5. The van der Waals surface area contributed by atoms with E-state index in [9.17, 15) is 13.2 Å². The van der Waals surface area contributed by atoms with Crippen LogP contribution in [0.4, 0.5) is 5.69 Å². The number of ether oxygens (including phenoxy) is 1. The van der Waals surface area contributed by atoms with Crippen molar-refractivity contribution in [3.05, 3.63) is 53.1 Å². The quantitative estimate of drug-likeness (QED) is 0.804. The van der Waals surface area contributed by atoms with E-state index in [1.807, 2.05) is 0 Å². The average Bonchev–Trinajstić information content (AvgIpc) is 2.57. The van der Waals surface area contributed by atoms with Gasteiger partial charge in [0.1, 0.15) is 5.75 Å². The molecule has 0 aliphatic carbocycles. The molecule has 1 atom stereocenters. The molecule has 2 N–H and O–H groups in total. The molecule has 25 heavy (non-hydrogen) atoms. The Morgan fingerprint density at radius 2 is 1.80 bits per heavy atom. The van der Waals surface area contributed by atoms with Gasteiger partial charge in [-0.2, -0.15) is 0 Å². The van der Waals surface area contributed by atoms with E-state index in [1.54, 1.807) is 32.0 Å². The Morgan fingerprint density at radius 3 is 2.40 bits per heavy atom. The summed E-state index contributed by atoms with van der Waals surface area (Å²) in [7, 11) is -2.25. The molecule has 0 radical (unpaired) electrons. The number of likely N-dealkylation sites (N-methyl/N-ethyl adjacent to an activating group) is 1. The summed E-state index contributed by atoms with van der Waals surface area (Å²) in [5.41, 5.74) is 1.17. The molecular weight excluding hydrogens is 364 g/mol. The fourth-order valence-electron chi connectivity index (χ4n) is 2.07. The van der Waals surface area contributed by atoms with E-state index in [2.05, 4.69) is 10.0 Å². The third-order valence-corrected chi connectivity index (χ3v) is 5.12. The van der Waals surface area contributed by atoms with E-state index in [4.69, 9.17) is 16.3 Å². The Balaban J connectivity index is 2.17. The zero-order valence-corrected chi connectivity index (χ0v) is 15.6. The van der Waals surface area contributed by atoms with Crippen LogP contribution in [0.3, 0.4) is 0 Å². The Kier molecular flexibility index (Phi) is 5.92. The van der Waals surface area contributed by atoms with Crippen molar-refractivity contribution in [3.8, 4) is 5.75 Å². The SMILES string of the molecule is CNC(=O)[C@@H](C)Oc1ccc(S(=O)(=O)Nc2cc(Cl)ccc2C)cc1. The molecule has 2 rings (SSSR count). The summed E-state index contributed by atoms with van der Waals surface area (Å²) >= 11 is 5.91. The first-order valence-corrected chi connectivity index (χ1v) is 9.36. The van der Waals surface area contributed by atoms with E-state index < -0.39 is 16.1 Å². The lowest BCUT2D eigenvalue weighted by Gasteiger charge is -2.14. The van der Waals surface area contributed by atoms with Crippen molar-refractivity contribution >= 4 is 33.2 Å². The number of nitrogens with one attached hydrogen (secondary N) is 2. The normalized spacial score (nSPS) is 12.3. The van der Waals surface area contributed by atoms with Crippen LogP contribution in [0.2, 0.25) is 5.02 Å². The molecule has 0 unspecified atom stereocenters. The number of anilines is 1. The minimum atomic E-state index is -3.76. The first-order valence-electron chi connectivity index (χ1n) is 7.50. The van der Waals surface area contributed by atoms with Crippen molar-refractivity contribution < 1.29 is 17.9 Å². The van der Waals surface area contributed by atoms with Gasteiger partial charge in [0.25, 0.3) is 15.9 Å². The molecule has 2 aromatic carbocycles. The number of hydrogen-bond acceptors (Lipinski definition) is 4. The summed E-state index contributed by atoms with van der Waals surface area (Å²) < 4.78 is 32.9. The second-order valence-corrected chi connectivity index (χ2v) is 7.53. The molecule has 0 aliphatic heterocycles. The van der Waals surface area contributed by atoms with Crippen LogP contribution in [0.1, 0.15) is 12.5 Å². The first kappa shape index (κ1) is 19.1. The van der Waals surface area contributed by atoms with Crippen molar-refractivity contribution in [2.24, 2.45) is 0 Å². The van der Waals surface area contributed by atoms with Gasteiger partial charge >= 0.3 is 0 Å². The number of benzene rings is 2. The lowest BCUT2D eigenvalue weighted by atomic mass is 10.2. The zero-order chi connectivity index (χ0) is 18.6. The third-order valence-electron chi connectivity index (χ3n) is 3.51. The van der Waals surface area contributed by atoms with Gasteiger partial charge in [0.05, 0.1) is 10.6 Å². The second-order valence-electron chi connectivity index (χ2n) is 5.41. The van der Waals surface area contributed by atoms with Crippen LogP contribution < -0.4 is 14.8 Å². The number of hydrogen-bond donors (Lipinski definition) is 2. The second kappa shape index (κ2) is 7.76. The Labute approximate surface area is 152 Å². The molecule has 0 spiro atoms. The van der Waals surface area contributed by atoms with E-state index in [1.165, 1.54) is 31.3 Å². The lowest BCUT2D eigenvalue weighted by Crippen LogP contribution is -2.33. The van der Waals surface area contributed by atoms with Crippen molar-refractivity contribution in [3.63, 3.8) is 0 Å². The number of sulfonamides is 1. The van der Waals surface area contributed by atoms with Gasteiger partial charge in [0.2, 0.25) is 0 Å². The van der Waals surface area contributed by atoms with Crippen LogP contribution in [0, 0.1) is 6.92 Å². The predicted octanol–water partition coefficient (Wildman–Crippen LogP) is 2.96. The van der Waals surface area contributed by atoms with Gasteiger partial charge in [-0.15, -0.1) is 0 Å². The Morgan fingerprint density at radius 1 is 1.16 bits per heavy atom. The summed E-state index contributed by atoms with van der Waals surface area (Å²) in [6, 6.07) is 10.8. The topological polar surface area (TPSA) is 84.5 Å². The number of rotatable bonds is 6. The highest BCUT2D eigenvalue weighted by molar-refractivity contribution is 7.92. The summed E-state index contributed by atoms with van der Waals surface area (Å²) in [6.07, 6.45) is -0.681. The van der Waals surface area contributed by atoms with Gasteiger partial charge in [0, 0.05) is 12.1 Å². The van der Waals surface area contributed by atoms with Crippen LogP contribution >= 0.6 is 11.6 Å². The molecule has 134 valence electrons. The number of amides is 1. The van der Waals surface area contributed by atoms with Gasteiger partial charge < -0.3 is 10.1 Å². The van der Waals surface area contributed by atoms with E-state index in [0.29, 0.717) is 16.5 Å². The van der Waals surface area contributed by atoms with Crippen LogP contribution in [-0.2, 0) is 14.8 Å². The third kappa shape index (κ3) is 4.87. The molecule has 0 fully saturated rings. The molecular formula is C17H19ClN2O4S. The minimum Gasteiger partial charge on any atom is -0.481 e. The monoisotopic (exact) mass is 382 g/mol. The Bertz CT molecular complexity index is 867. The molecule has 0 aliphatic rings. The van der Waals surface area contributed by atoms with E-state index in [0.717, 1.165) is 5.56 Å².